The molecule has 2 atom stereocenters. The van der Waals surface area contributed by atoms with Crippen LogP contribution in [0, 0.1) is 29.1 Å². The molecule has 0 aliphatic heterocycles. The highest BCUT2D eigenvalue weighted by Gasteiger charge is 2.38. The summed E-state index contributed by atoms with van der Waals surface area (Å²) in [6.45, 7) is 1.03. The first-order valence-electron chi connectivity index (χ1n) is 9.65. The van der Waals surface area contributed by atoms with E-state index in [-0.39, 0.29) is 12.4 Å². The van der Waals surface area contributed by atoms with E-state index in [2.05, 4.69) is 9.61 Å². The average molecular weight is 501 g/mol. The normalized spacial score (nSPS) is 13.6. The van der Waals surface area contributed by atoms with Gasteiger partial charge in [0, 0.05) is 0 Å². The van der Waals surface area contributed by atoms with E-state index in [0.29, 0.717) is 5.56 Å². The van der Waals surface area contributed by atoms with Crippen molar-refractivity contribution in [3.05, 3.63) is 95.3 Å². The number of hydrogen-bond acceptors (Lipinski definition) is 5. The largest absolute Gasteiger partial charge is 0.513 e. The molecule has 0 saturated heterocycles. The van der Waals surface area contributed by atoms with E-state index in [1.165, 1.54) is 31.2 Å². The lowest BCUT2D eigenvalue weighted by Crippen LogP contribution is -2.36. The van der Waals surface area contributed by atoms with Crippen molar-refractivity contribution in [3.8, 4) is 11.5 Å². The minimum atomic E-state index is -4.96. The molecular formula is C22H17F5NO5P. The third kappa shape index (κ3) is 5.92. The van der Waals surface area contributed by atoms with Crippen LogP contribution in [0.5, 0.6) is 11.5 Å². The van der Waals surface area contributed by atoms with Crippen LogP contribution in [0.15, 0.2) is 60.7 Å². The van der Waals surface area contributed by atoms with E-state index >= 15 is 0 Å². The van der Waals surface area contributed by atoms with Gasteiger partial charge in [0.1, 0.15) is 18.4 Å². The Labute approximate surface area is 190 Å². The number of ether oxygens (including phenoxy) is 1. The van der Waals surface area contributed by atoms with Gasteiger partial charge in [-0.15, -0.1) is 0 Å². The molecule has 0 aromatic heterocycles. The quantitative estimate of drug-likeness (QED) is 0.134. The molecule has 3 aromatic carbocycles. The molecule has 0 aliphatic rings. The Morgan fingerprint density at radius 3 is 1.88 bits per heavy atom. The summed E-state index contributed by atoms with van der Waals surface area (Å²) in [5.74, 6) is -14.7. The van der Waals surface area contributed by atoms with Crippen LogP contribution in [0.25, 0.3) is 0 Å². The van der Waals surface area contributed by atoms with Crippen molar-refractivity contribution < 1.29 is 45.1 Å². The molecule has 3 rings (SSSR count). The van der Waals surface area contributed by atoms with Crippen LogP contribution in [0.3, 0.4) is 0 Å². The van der Waals surface area contributed by atoms with Gasteiger partial charge < -0.3 is 13.8 Å². The molecule has 0 bridgehead atoms. The summed E-state index contributed by atoms with van der Waals surface area (Å²) in [4.78, 5) is 12.4. The summed E-state index contributed by atoms with van der Waals surface area (Å²) in [6, 6.07) is 14.1. The number of halogens is 5. The zero-order chi connectivity index (χ0) is 24.9. The summed E-state index contributed by atoms with van der Waals surface area (Å²) in [7, 11) is -4.96. The maximum absolute atomic E-state index is 14.1. The first kappa shape index (κ1) is 25.2. The van der Waals surface area contributed by atoms with Crippen molar-refractivity contribution in [3.63, 3.8) is 0 Å². The van der Waals surface area contributed by atoms with Crippen molar-refractivity contribution in [1.82, 2.24) is 5.09 Å². The molecular weight excluding hydrogens is 484 g/mol. The number of benzene rings is 3. The molecule has 0 fully saturated rings. The molecule has 6 nitrogen and oxygen atoms in total. The fourth-order valence-corrected chi connectivity index (χ4v) is 4.14. The van der Waals surface area contributed by atoms with Gasteiger partial charge in [0.2, 0.25) is 34.8 Å². The van der Waals surface area contributed by atoms with E-state index in [1.54, 1.807) is 36.4 Å². The molecule has 0 aliphatic carbocycles. The van der Waals surface area contributed by atoms with Gasteiger partial charge >= 0.3 is 13.7 Å². The Kier molecular flexibility index (Phi) is 7.90. The fraction of sp³-hybridized carbons (Fsp3) is 0.136. The number of esters is 1. The van der Waals surface area contributed by atoms with Crippen LogP contribution in [0.2, 0.25) is 0 Å². The lowest BCUT2D eigenvalue weighted by Gasteiger charge is -2.23. The number of nitrogens with one attached hydrogen (secondary N) is 1. The van der Waals surface area contributed by atoms with Crippen LogP contribution in [0.1, 0.15) is 12.5 Å². The van der Waals surface area contributed by atoms with Crippen LogP contribution in [-0.2, 0) is 20.7 Å². The zero-order valence-electron chi connectivity index (χ0n) is 17.4. The predicted molar refractivity (Wildman–Crippen MR) is 110 cm³/mol. The fourth-order valence-electron chi connectivity index (χ4n) is 2.62. The number of carbonyl (C=O) groups excluding carboxylic acids is 1. The summed E-state index contributed by atoms with van der Waals surface area (Å²) >= 11 is 0. The molecule has 34 heavy (non-hydrogen) atoms. The zero-order valence-corrected chi connectivity index (χ0v) is 18.3. The molecule has 0 saturated carbocycles. The third-order valence-electron chi connectivity index (χ3n) is 4.28. The number of carbonyl (C=O) groups is 1. The summed E-state index contributed by atoms with van der Waals surface area (Å²) in [6.07, 6.45) is 0. The predicted octanol–water partition coefficient (Wildman–Crippen LogP) is 5.67. The summed E-state index contributed by atoms with van der Waals surface area (Å²) in [5, 5.41) is 2.10. The summed E-state index contributed by atoms with van der Waals surface area (Å²) in [5.41, 5.74) is 0.643. The first-order chi connectivity index (χ1) is 16.1. The standard InChI is InChI=1S/C22H17F5NO5P/c1-13(22(29)31-12-14-8-4-2-5-9-14)28-34(30,32-15-10-6-3-7-11-15)33-21-19(26)17(24)16(23)18(25)20(21)27/h2-11,13H,12H2,1H3,(H,28,30). The van der Waals surface area contributed by atoms with Gasteiger partial charge in [0.05, 0.1) is 0 Å². The molecule has 0 spiro atoms. The second kappa shape index (κ2) is 10.7. The SMILES string of the molecule is CC(NP(=O)(Oc1ccccc1)Oc1c(F)c(F)c(F)c(F)c1F)C(=O)OCc1ccccc1. The highest BCUT2D eigenvalue weighted by Crippen LogP contribution is 2.47. The topological polar surface area (TPSA) is 73.9 Å². The van der Waals surface area contributed by atoms with Crippen molar-refractivity contribution in [2.24, 2.45) is 0 Å². The monoisotopic (exact) mass is 501 g/mol. The second-order valence-corrected chi connectivity index (χ2v) is 8.45. The van der Waals surface area contributed by atoms with Gasteiger partial charge in [-0.25, -0.2) is 17.7 Å². The van der Waals surface area contributed by atoms with Crippen molar-refractivity contribution in [2.45, 2.75) is 19.6 Å². The molecule has 2 unspecified atom stereocenters. The molecule has 1 N–H and O–H groups in total. The number of hydrogen-bond donors (Lipinski definition) is 1. The minimum absolute atomic E-state index is 0.145. The molecule has 3 aromatic rings. The van der Waals surface area contributed by atoms with Gasteiger partial charge in [-0.2, -0.15) is 13.9 Å². The molecule has 180 valence electrons. The molecule has 0 radical (unpaired) electrons. The average Bonchev–Trinajstić information content (AvgIpc) is 2.84. The lowest BCUT2D eigenvalue weighted by molar-refractivity contribution is -0.146. The molecule has 12 heteroatoms. The second-order valence-electron chi connectivity index (χ2n) is 6.84. The van der Waals surface area contributed by atoms with E-state index in [9.17, 15) is 31.3 Å². The van der Waals surface area contributed by atoms with Crippen molar-refractivity contribution >= 4 is 13.7 Å². The van der Waals surface area contributed by atoms with E-state index in [4.69, 9.17) is 9.26 Å². The highest BCUT2D eigenvalue weighted by molar-refractivity contribution is 7.52. The van der Waals surface area contributed by atoms with Crippen LogP contribution in [0.4, 0.5) is 22.0 Å². The van der Waals surface area contributed by atoms with E-state index < -0.39 is 54.6 Å². The van der Waals surface area contributed by atoms with Crippen LogP contribution >= 0.6 is 7.75 Å². The Morgan fingerprint density at radius 2 is 1.32 bits per heavy atom. The Morgan fingerprint density at radius 1 is 0.824 bits per heavy atom. The van der Waals surface area contributed by atoms with Gasteiger partial charge in [-0.1, -0.05) is 48.5 Å². The van der Waals surface area contributed by atoms with Gasteiger partial charge in [0.25, 0.3) is 0 Å². The van der Waals surface area contributed by atoms with Gasteiger partial charge in [0.15, 0.2) is 0 Å². The Hall–Kier alpha value is -3.43. The maximum atomic E-state index is 14.1. The third-order valence-corrected chi connectivity index (χ3v) is 5.86. The highest BCUT2D eigenvalue weighted by atomic mass is 31.2. The maximum Gasteiger partial charge on any atom is 0.513 e. The molecule has 0 heterocycles. The van der Waals surface area contributed by atoms with E-state index in [1.807, 2.05) is 0 Å². The van der Waals surface area contributed by atoms with Gasteiger partial charge in [-0.3, -0.25) is 4.79 Å². The number of para-hydroxylation sites is 1. The van der Waals surface area contributed by atoms with Gasteiger partial charge in [-0.05, 0) is 24.6 Å². The van der Waals surface area contributed by atoms with Crippen molar-refractivity contribution in [1.29, 1.82) is 0 Å². The van der Waals surface area contributed by atoms with E-state index in [0.717, 1.165) is 0 Å². The van der Waals surface area contributed by atoms with Crippen LogP contribution in [-0.4, -0.2) is 12.0 Å². The minimum Gasteiger partial charge on any atom is -0.460 e. The van der Waals surface area contributed by atoms with Crippen LogP contribution < -0.4 is 14.1 Å². The lowest BCUT2D eigenvalue weighted by atomic mass is 10.2. The molecule has 0 amide bonds. The summed E-state index contributed by atoms with van der Waals surface area (Å²) < 4.78 is 97.0. The first-order valence-corrected chi connectivity index (χ1v) is 11.2. The smallest absolute Gasteiger partial charge is 0.460 e. The van der Waals surface area contributed by atoms with Crippen molar-refractivity contribution in [2.75, 3.05) is 0 Å². The number of rotatable bonds is 9. The Bertz CT molecular complexity index is 1180. The Balaban J connectivity index is 1.86.